The Morgan fingerprint density at radius 3 is 2.00 bits per heavy atom. The molecular formula is C6H12O6. The molecule has 0 bridgehead atoms. The third-order valence-electron chi connectivity index (χ3n) is 1.87. The zero-order chi connectivity index (χ0) is 9.30. The van der Waals surface area contributed by atoms with Crippen LogP contribution in [0.5, 0.6) is 0 Å². The third kappa shape index (κ3) is 1.58. The SMILES string of the molecule is OC[C@H]1O[C@@H](O)[C@H](O)[C@H](O)[C@@H]1O. The van der Waals surface area contributed by atoms with Crippen molar-refractivity contribution in [3.8, 4) is 0 Å². The van der Waals surface area contributed by atoms with Crippen LogP contribution in [0.4, 0.5) is 0 Å². The van der Waals surface area contributed by atoms with Gasteiger partial charge in [0.15, 0.2) is 6.29 Å². The molecular weight excluding hydrogens is 168 g/mol. The van der Waals surface area contributed by atoms with E-state index < -0.39 is 37.3 Å². The van der Waals surface area contributed by atoms with Gasteiger partial charge in [-0.25, -0.2) is 0 Å². The molecule has 12 heavy (non-hydrogen) atoms. The highest BCUT2D eigenvalue weighted by atomic mass is 16.6. The summed E-state index contributed by atoms with van der Waals surface area (Å²) >= 11 is 0. The van der Waals surface area contributed by atoms with Crippen LogP contribution in [0.3, 0.4) is 0 Å². The van der Waals surface area contributed by atoms with Crippen LogP contribution in [0, 0.1) is 0 Å². The molecule has 1 heterocycles. The van der Waals surface area contributed by atoms with E-state index in [1.807, 2.05) is 0 Å². The van der Waals surface area contributed by atoms with Crippen LogP contribution >= 0.6 is 0 Å². The van der Waals surface area contributed by atoms with E-state index in [9.17, 15) is 0 Å². The summed E-state index contributed by atoms with van der Waals surface area (Å²) in [6.45, 7) is -0.526. The smallest absolute Gasteiger partial charge is 0.184 e. The Hall–Kier alpha value is -0.240. The minimum absolute atomic E-state index is 0.526. The number of ether oxygens (including phenoxy) is 1. The van der Waals surface area contributed by atoms with Gasteiger partial charge in [-0.3, -0.25) is 0 Å². The van der Waals surface area contributed by atoms with E-state index in [1.165, 1.54) is 0 Å². The van der Waals surface area contributed by atoms with E-state index in [0.717, 1.165) is 0 Å². The predicted octanol–water partition coefficient (Wildman–Crippen LogP) is -3.22. The van der Waals surface area contributed by atoms with E-state index in [1.54, 1.807) is 0 Å². The van der Waals surface area contributed by atoms with Crippen LogP contribution in [-0.4, -0.2) is 62.8 Å². The molecule has 0 saturated carbocycles. The Kier molecular flexibility index (Phi) is 2.99. The number of aliphatic hydroxyl groups is 5. The topological polar surface area (TPSA) is 110 Å². The van der Waals surface area contributed by atoms with Gasteiger partial charge in [0.05, 0.1) is 6.61 Å². The van der Waals surface area contributed by atoms with Crippen LogP contribution in [0.2, 0.25) is 0 Å². The first-order valence-electron chi connectivity index (χ1n) is 3.56. The lowest BCUT2D eigenvalue weighted by molar-refractivity contribution is -0.286. The Labute approximate surface area is 68.6 Å². The van der Waals surface area contributed by atoms with Crippen LogP contribution < -0.4 is 0 Å². The second-order valence-electron chi connectivity index (χ2n) is 2.72. The normalized spacial score (nSPS) is 49.2. The quantitative estimate of drug-likeness (QED) is 0.290. The summed E-state index contributed by atoms with van der Waals surface area (Å²) in [4.78, 5) is 0. The lowest BCUT2D eigenvalue weighted by atomic mass is 10.00. The van der Waals surface area contributed by atoms with Crippen molar-refractivity contribution in [1.29, 1.82) is 0 Å². The van der Waals surface area contributed by atoms with Crippen LogP contribution in [0.1, 0.15) is 0 Å². The summed E-state index contributed by atoms with van der Waals surface area (Å²) in [5.74, 6) is 0. The van der Waals surface area contributed by atoms with Crippen molar-refractivity contribution in [3.63, 3.8) is 0 Å². The minimum atomic E-state index is -1.57. The highest BCUT2D eigenvalue weighted by Gasteiger charge is 2.42. The van der Waals surface area contributed by atoms with Gasteiger partial charge in [-0.1, -0.05) is 0 Å². The van der Waals surface area contributed by atoms with E-state index in [-0.39, 0.29) is 0 Å². The molecule has 0 amide bonds. The van der Waals surface area contributed by atoms with Crippen LogP contribution in [-0.2, 0) is 4.74 Å². The lowest BCUT2D eigenvalue weighted by Gasteiger charge is -2.37. The Morgan fingerprint density at radius 2 is 1.50 bits per heavy atom. The van der Waals surface area contributed by atoms with Gasteiger partial charge in [0.25, 0.3) is 0 Å². The highest BCUT2D eigenvalue weighted by Crippen LogP contribution is 2.18. The average molecular weight is 180 g/mol. The molecule has 1 aliphatic heterocycles. The number of hydrogen-bond donors (Lipinski definition) is 5. The van der Waals surface area contributed by atoms with Gasteiger partial charge in [0.2, 0.25) is 0 Å². The fraction of sp³-hybridized carbons (Fsp3) is 1.00. The van der Waals surface area contributed by atoms with Crippen molar-refractivity contribution >= 4 is 0 Å². The van der Waals surface area contributed by atoms with E-state index in [0.29, 0.717) is 0 Å². The third-order valence-corrected chi connectivity index (χ3v) is 1.87. The second kappa shape index (κ2) is 3.65. The molecule has 0 aromatic heterocycles. The Bertz CT molecular complexity index is 146. The number of rotatable bonds is 1. The average Bonchev–Trinajstić information content (AvgIpc) is 2.08. The largest absolute Gasteiger partial charge is 0.394 e. The second-order valence-corrected chi connectivity index (χ2v) is 2.72. The summed E-state index contributed by atoms with van der Waals surface area (Å²) in [7, 11) is 0. The number of aliphatic hydroxyl groups excluding tert-OH is 5. The first-order chi connectivity index (χ1) is 5.57. The van der Waals surface area contributed by atoms with Crippen LogP contribution in [0.25, 0.3) is 0 Å². The van der Waals surface area contributed by atoms with E-state index in [4.69, 9.17) is 25.5 Å². The first kappa shape index (κ1) is 9.85. The zero-order valence-corrected chi connectivity index (χ0v) is 6.24. The molecule has 1 saturated heterocycles. The molecule has 0 aromatic rings. The zero-order valence-electron chi connectivity index (χ0n) is 6.24. The molecule has 6 nitrogen and oxygen atoms in total. The molecule has 72 valence electrons. The molecule has 6 heteroatoms. The summed E-state index contributed by atoms with van der Waals surface area (Å²) in [5.41, 5.74) is 0. The highest BCUT2D eigenvalue weighted by molar-refractivity contribution is 4.87. The molecule has 0 aromatic carbocycles. The maximum absolute atomic E-state index is 9.12. The van der Waals surface area contributed by atoms with Crippen LogP contribution in [0.15, 0.2) is 0 Å². The Balaban J connectivity index is 2.63. The maximum Gasteiger partial charge on any atom is 0.184 e. The number of hydrogen-bond acceptors (Lipinski definition) is 6. The fourth-order valence-electron chi connectivity index (χ4n) is 1.08. The molecule has 1 rings (SSSR count). The van der Waals surface area contributed by atoms with Gasteiger partial charge in [-0.15, -0.1) is 0 Å². The van der Waals surface area contributed by atoms with Crippen molar-refractivity contribution in [3.05, 3.63) is 0 Å². The Morgan fingerprint density at radius 1 is 0.917 bits per heavy atom. The van der Waals surface area contributed by atoms with Gasteiger partial charge in [0, 0.05) is 0 Å². The molecule has 1 aliphatic rings. The van der Waals surface area contributed by atoms with E-state index >= 15 is 0 Å². The van der Waals surface area contributed by atoms with Gasteiger partial charge in [-0.05, 0) is 0 Å². The lowest BCUT2D eigenvalue weighted by Crippen LogP contribution is -2.58. The van der Waals surface area contributed by atoms with E-state index in [2.05, 4.69) is 4.74 Å². The maximum atomic E-state index is 9.12. The predicted molar refractivity (Wildman–Crippen MR) is 36.0 cm³/mol. The van der Waals surface area contributed by atoms with Crippen molar-refractivity contribution < 1.29 is 30.3 Å². The summed E-state index contributed by atoms with van der Waals surface area (Å²) in [5, 5.41) is 44.7. The molecule has 0 aliphatic carbocycles. The molecule has 5 N–H and O–H groups in total. The van der Waals surface area contributed by atoms with Gasteiger partial charge >= 0.3 is 0 Å². The fourth-order valence-corrected chi connectivity index (χ4v) is 1.08. The van der Waals surface area contributed by atoms with Gasteiger partial charge in [-0.2, -0.15) is 0 Å². The summed E-state index contributed by atoms with van der Waals surface area (Å²) in [6.07, 6.45) is -7.04. The first-order valence-corrected chi connectivity index (χ1v) is 3.56. The van der Waals surface area contributed by atoms with Gasteiger partial charge < -0.3 is 30.3 Å². The molecule has 0 spiro atoms. The van der Waals surface area contributed by atoms with Crippen molar-refractivity contribution in [2.75, 3.05) is 6.61 Å². The van der Waals surface area contributed by atoms with Crippen molar-refractivity contribution in [1.82, 2.24) is 0 Å². The standard InChI is InChI=1S/C6H12O6/c7-1-2-3(8)4(9)5(10)6(11)12-2/h2-11H,1H2/t2-,3-,4-,5-,6-/m1/s1. The summed E-state index contributed by atoms with van der Waals surface area (Å²) in [6, 6.07) is 0. The molecule has 0 unspecified atom stereocenters. The minimum Gasteiger partial charge on any atom is -0.394 e. The summed E-state index contributed by atoms with van der Waals surface area (Å²) < 4.78 is 4.58. The monoisotopic (exact) mass is 180 g/mol. The molecule has 5 atom stereocenters. The van der Waals surface area contributed by atoms with Crippen molar-refractivity contribution in [2.45, 2.75) is 30.7 Å². The molecule has 0 radical (unpaired) electrons. The van der Waals surface area contributed by atoms with Gasteiger partial charge in [0.1, 0.15) is 24.4 Å². The van der Waals surface area contributed by atoms with Crippen molar-refractivity contribution in [2.24, 2.45) is 0 Å². The molecule has 1 fully saturated rings.